The Kier molecular flexibility index (Phi) is 4.09. The topological polar surface area (TPSA) is 88.2 Å². The van der Waals surface area contributed by atoms with E-state index in [0.717, 1.165) is 0 Å². The molecule has 2 N–H and O–H groups in total. The smallest absolute Gasteiger partial charge is 0.254 e. The number of rotatable bonds is 4. The minimum atomic E-state index is -1.27. The van der Waals surface area contributed by atoms with Crippen molar-refractivity contribution >= 4 is 5.91 Å². The first-order chi connectivity index (χ1) is 9.79. The van der Waals surface area contributed by atoms with Gasteiger partial charge in [-0.15, -0.1) is 0 Å². The molecule has 0 radical (unpaired) electrons. The monoisotopic (exact) mass is 289 g/mol. The summed E-state index contributed by atoms with van der Waals surface area (Å²) in [5.74, 6) is 1.41. The van der Waals surface area contributed by atoms with Gasteiger partial charge in [0.1, 0.15) is 22.9 Å². The summed E-state index contributed by atoms with van der Waals surface area (Å²) >= 11 is 0. The van der Waals surface area contributed by atoms with Gasteiger partial charge in [0.25, 0.3) is 5.91 Å². The first kappa shape index (κ1) is 15.2. The number of carbonyl (C=O) groups is 1. The third-order valence-corrected chi connectivity index (χ3v) is 3.21. The average molecular weight is 289 g/mol. The number of nitrogens with zero attached hydrogens (tertiary/aromatic N) is 2. The summed E-state index contributed by atoms with van der Waals surface area (Å²) < 4.78 is 5.40. The van der Waals surface area contributed by atoms with Gasteiger partial charge in [0, 0.05) is 6.20 Å². The Morgan fingerprint density at radius 1 is 1.38 bits per heavy atom. The van der Waals surface area contributed by atoms with Gasteiger partial charge in [0.15, 0.2) is 0 Å². The van der Waals surface area contributed by atoms with Crippen molar-refractivity contribution < 1.29 is 14.3 Å². The van der Waals surface area contributed by atoms with E-state index in [1.54, 1.807) is 39.8 Å². The number of furan rings is 1. The highest BCUT2D eigenvalue weighted by Gasteiger charge is 2.27. The number of aliphatic hydroxyl groups is 1. The lowest BCUT2D eigenvalue weighted by Gasteiger charge is -2.21. The van der Waals surface area contributed by atoms with Gasteiger partial charge in [-0.25, -0.2) is 9.97 Å². The lowest BCUT2D eigenvalue weighted by Crippen LogP contribution is -2.38. The molecule has 0 spiro atoms. The van der Waals surface area contributed by atoms with Crippen LogP contribution in [0.3, 0.4) is 0 Å². The molecule has 112 valence electrons. The van der Waals surface area contributed by atoms with Crippen molar-refractivity contribution in [2.24, 2.45) is 0 Å². The van der Waals surface area contributed by atoms with Gasteiger partial charge >= 0.3 is 0 Å². The molecule has 0 aromatic carbocycles. The van der Waals surface area contributed by atoms with E-state index in [-0.39, 0.29) is 12.5 Å². The molecule has 0 fully saturated rings. The van der Waals surface area contributed by atoms with E-state index in [1.165, 1.54) is 6.20 Å². The van der Waals surface area contributed by atoms with Gasteiger partial charge < -0.3 is 14.8 Å². The minimum Gasteiger partial charge on any atom is -0.463 e. The van der Waals surface area contributed by atoms with Crippen molar-refractivity contribution in [2.45, 2.75) is 33.3 Å². The van der Waals surface area contributed by atoms with Crippen LogP contribution >= 0.6 is 0 Å². The second kappa shape index (κ2) is 5.65. The van der Waals surface area contributed by atoms with Crippen LogP contribution in [0.4, 0.5) is 0 Å². The molecule has 0 saturated carbocycles. The molecule has 1 unspecified atom stereocenters. The molecule has 1 atom stereocenters. The van der Waals surface area contributed by atoms with Gasteiger partial charge in [-0.3, -0.25) is 4.79 Å². The van der Waals surface area contributed by atoms with E-state index in [9.17, 15) is 9.90 Å². The standard InChI is InChI=1S/C15H19N3O3/c1-9-5-6-13(21-9)15(4,20)8-17-14(19)12-7-16-11(3)18-10(12)2/h5-7,20H,8H2,1-4H3,(H,17,19). The lowest BCUT2D eigenvalue weighted by atomic mass is 10.0. The van der Waals surface area contributed by atoms with Crippen LogP contribution in [0.15, 0.2) is 22.7 Å². The van der Waals surface area contributed by atoms with Crippen molar-refractivity contribution in [2.75, 3.05) is 6.54 Å². The lowest BCUT2D eigenvalue weighted by molar-refractivity contribution is 0.0323. The summed E-state index contributed by atoms with van der Waals surface area (Å²) in [6.07, 6.45) is 1.48. The third kappa shape index (κ3) is 3.46. The van der Waals surface area contributed by atoms with E-state index in [4.69, 9.17) is 4.42 Å². The summed E-state index contributed by atoms with van der Waals surface area (Å²) in [4.78, 5) is 20.3. The first-order valence-electron chi connectivity index (χ1n) is 6.67. The third-order valence-electron chi connectivity index (χ3n) is 3.21. The van der Waals surface area contributed by atoms with Crippen molar-refractivity contribution in [1.29, 1.82) is 0 Å². The van der Waals surface area contributed by atoms with Crippen molar-refractivity contribution in [3.8, 4) is 0 Å². The molecule has 2 aromatic rings. The predicted octanol–water partition coefficient (Wildman–Crippen LogP) is 1.63. The molecule has 6 nitrogen and oxygen atoms in total. The van der Waals surface area contributed by atoms with E-state index in [2.05, 4.69) is 15.3 Å². The minimum absolute atomic E-state index is 0.0338. The molecule has 0 aliphatic heterocycles. The second-order valence-corrected chi connectivity index (χ2v) is 5.28. The van der Waals surface area contributed by atoms with Crippen molar-refractivity contribution in [3.63, 3.8) is 0 Å². The van der Waals surface area contributed by atoms with Crippen LogP contribution in [-0.2, 0) is 5.60 Å². The Balaban J connectivity index is 2.06. The summed E-state index contributed by atoms with van der Waals surface area (Å²) in [6.45, 7) is 6.93. The molecule has 0 saturated heterocycles. The Labute approximate surface area is 123 Å². The Bertz CT molecular complexity index is 662. The highest BCUT2D eigenvalue weighted by Crippen LogP contribution is 2.22. The molecule has 0 aliphatic carbocycles. The fourth-order valence-corrected chi connectivity index (χ4v) is 1.96. The number of aryl methyl sites for hydroxylation is 3. The second-order valence-electron chi connectivity index (χ2n) is 5.28. The predicted molar refractivity (Wildman–Crippen MR) is 76.9 cm³/mol. The van der Waals surface area contributed by atoms with Crippen LogP contribution in [0.1, 0.15) is 40.3 Å². The van der Waals surface area contributed by atoms with Crippen LogP contribution in [0.25, 0.3) is 0 Å². The van der Waals surface area contributed by atoms with E-state index in [1.807, 2.05) is 0 Å². The number of amides is 1. The summed E-state index contributed by atoms with van der Waals surface area (Å²) in [5, 5.41) is 13.0. The van der Waals surface area contributed by atoms with Gasteiger partial charge in [-0.05, 0) is 39.8 Å². The maximum atomic E-state index is 12.1. The number of hydrogen-bond acceptors (Lipinski definition) is 5. The number of hydrogen-bond donors (Lipinski definition) is 2. The normalized spacial score (nSPS) is 13.8. The molecule has 21 heavy (non-hydrogen) atoms. The van der Waals surface area contributed by atoms with Gasteiger partial charge in [0.05, 0.1) is 17.8 Å². The van der Waals surface area contributed by atoms with Crippen LogP contribution in [0.5, 0.6) is 0 Å². The molecule has 6 heteroatoms. The summed E-state index contributed by atoms with van der Waals surface area (Å²) in [5.41, 5.74) is -0.274. The number of nitrogens with one attached hydrogen (secondary N) is 1. The molecule has 2 heterocycles. The first-order valence-corrected chi connectivity index (χ1v) is 6.67. The maximum absolute atomic E-state index is 12.1. The molecule has 2 rings (SSSR count). The van der Waals surface area contributed by atoms with Gasteiger partial charge in [-0.1, -0.05) is 0 Å². The zero-order chi connectivity index (χ0) is 15.6. The van der Waals surface area contributed by atoms with Gasteiger partial charge in [0.2, 0.25) is 0 Å². The van der Waals surface area contributed by atoms with Crippen LogP contribution < -0.4 is 5.32 Å². The Hall–Kier alpha value is -2.21. The molecule has 0 aliphatic rings. The summed E-state index contributed by atoms with van der Waals surface area (Å²) in [7, 11) is 0. The Morgan fingerprint density at radius 3 is 2.67 bits per heavy atom. The van der Waals surface area contributed by atoms with Crippen LogP contribution in [0, 0.1) is 20.8 Å². The van der Waals surface area contributed by atoms with Gasteiger partial charge in [-0.2, -0.15) is 0 Å². The fraction of sp³-hybridized carbons (Fsp3) is 0.400. The van der Waals surface area contributed by atoms with E-state index in [0.29, 0.717) is 28.6 Å². The highest BCUT2D eigenvalue weighted by molar-refractivity contribution is 5.94. The zero-order valence-electron chi connectivity index (χ0n) is 12.6. The number of aromatic nitrogens is 2. The molecular weight excluding hydrogens is 270 g/mol. The SMILES string of the molecule is Cc1ncc(C(=O)NCC(C)(O)c2ccc(C)o2)c(C)n1. The van der Waals surface area contributed by atoms with Crippen molar-refractivity contribution in [3.05, 3.63) is 46.9 Å². The van der Waals surface area contributed by atoms with Crippen molar-refractivity contribution in [1.82, 2.24) is 15.3 Å². The van der Waals surface area contributed by atoms with E-state index >= 15 is 0 Å². The summed E-state index contributed by atoms with van der Waals surface area (Å²) in [6, 6.07) is 3.46. The maximum Gasteiger partial charge on any atom is 0.254 e. The molecule has 1 amide bonds. The number of carbonyl (C=O) groups excluding carboxylic acids is 1. The Morgan fingerprint density at radius 2 is 2.10 bits per heavy atom. The van der Waals surface area contributed by atoms with Crippen LogP contribution in [-0.4, -0.2) is 27.5 Å². The quantitative estimate of drug-likeness (QED) is 0.893. The van der Waals surface area contributed by atoms with Crippen LogP contribution in [0.2, 0.25) is 0 Å². The molecule has 0 bridgehead atoms. The van der Waals surface area contributed by atoms with E-state index < -0.39 is 5.60 Å². The fourth-order valence-electron chi connectivity index (χ4n) is 1.96. The molecular formula is C15H19N3O3. The molecule has 2 aromatic heterocycles. The largest absolute Gasteiger partial charge is 0.463 e. The highest BCUT2D eigenvalue weighted by atomic mass is 16.4. The average Bonchev–Trinajstić information content (AvgIpc) is 2.84. The zero-order valence-corrected chi connectivity index (χ0v) is 12.6.